The van der Waals surface area contributed by atoms with E-state index in [0.717, 1.165) is 38.9 Å². The summed E-state index contributed by atoms with van der Waals surface area (Å²) in [5.41, 5.74) is 6.14. The fourth-order valence-electron chi connectivity index (χ4n) is 4.48. The lowest BCUT2D eigenvalue weighted by atomic mass is 9.83. The van der Waals surface area contributed by atoms with E-state index in [1.54, 1.807) is 4.90 Å². The van der Waals surface area contributed by atoms with Gasteiger partial charge in [0, 0.05) is 18.7 Å². The van der Waals surface area contributed by atoms with E-state index in [1.807, 2.05) is 86.6 Å². The lowest BCUT2D eigenvalue weighted by Crippen LogP contribution is -2.33. The molecule has 0 radical (unpaired) electrons. The minimum Gasteiger partial charge on any atom is -0.479 e. The van der Waals surface area contributed by atoms with E-state index in [1.165, 1.54) is 0 Å². The van der Waals surface area contributed by atoms with Crippen molar-refractivity contribution in [2.75, 3.05) is 0 Å². The molecule has 0 spiro atoms. The van der Waals surface area contributed by atoms with Gasteiger partial charge in [0.1, 0.15) is 5.60 Å². The molecule has 1 aliphatic heterocycles. The van der Waals surface area contributed by atoms with E-state index in [2.05, 4.69) is 0 Å². The summed E-state index contributed by atoms with van der Waals surface area (Å²) in [6.45, 7) is 17.9. The first-order valence-electron chi connectivity index (χ1n) is 11.7. The van der Waals surface area contributed by atoms with Crippen LogP contribution in [0, 0.1) is 20.8 Å². The number of aliphatic carboxylic acids is 1. The van der Waals surface area contributed by atoms with Crippen LogP contribution in [0.25, 0.3) is 11.1 Å². The van der Waals surface area contributed by atoms with Crippen molar-refractivity contribution in [1.82, 2.24) is 4.90 Å². The summed E-state index contributed by atoms with van der Waals surface area (Å²) < 4.78 is 11.7. The van der Waals surface area contributed by atoms with Crippen LogP contribution in [0.15, 0.2) is 24.3 Å². The molecule has 1 atom stereocenters. The third kappa shape index (κ3) is 5.44. The van der Waals surface area contributed by atoms with Gasteiger partial charge in [0.15, 0.2) is 6.10 Å². The molecule has 1 heterocycles. The van der Waals surface area contributed by atoms with Crippen LogP contribution in [0.1, 0.15) is 81.0 Å². The van der Waals surface area contributed by atoms with Crippen LogP contribution < -0.4 is 0 Å². The predicted octanol–water partition coefficient (Wildman–Crippen LogP) is 6.47. The quantitative estimate of drug-likeness (QED) is 0.558. The molecule has 184 valence electrons. The third-order valence-electron chi connectivity index (χ3n) is 5.97. The molecule has 6 nitrogen and oxygen atoms in total. The van der Waals surface area contributed by atoms with E-state index >= 15 is 0 Å². The van der Waals surface area contributed by atoms with Gasteiger partial charge in [-0.1, -0.05) is 29.8 Å². The molecule has 3 rings (SSSR count). The molecule has 34 heavy (non-hydrogen) atoms. The normalized spacial score (nSPS) is 14.7. The van der Waals surface area contributed by atoms with Gasteiger partial charge in [-0.3, -0.25) is 4.90 Å². The van der Waals surface area contributed by atoms with Crippen LogP contribution in [0.5, 0.6) is 0 Å². The molecule has 1 amide bonds. The molecule has 6 heteroatoms. The Balaban J connectivity index is 2.23. The number of ether oxygens (including phenoxy) is 2. The van der Waals surface area contributed by atoms with E-state index in [0.29, 0.717) is 18.7 Å². The Morgan fingerprint density at radius 3 is 1.88 bits per heavy atom. The van der Waals surface area contributed by atoms with E-state index in [4.69, 9.17) is 9.47 Å². The molecular formula is C28H37NO5. The molecule has 0 fully saturated rings. The number of hydrogen-bond donors (Lipinski definition) is 1. The maximum atomic E-state index is 12.8. The monoisotopic (exact) mass is 467 g/mol. The topological polar surface area (TPSA) is 76.1 Å². The summed E-state index contributed by atoms with van der Waals surface area (Å²) in [6, 6.07) is 8.08. The number of hydrogen-bond acceptors (Lipinski definition) is 4. The van der Waals surface area contributed by atoms with E-state index < -0.39 is 23.3 Å². The van der Waals surface area contributed by atoms with Gasteiger partial charge in [-0.15, -0.1) is 0 Å². The number of amides is 1. The van der Waals surface area contributed by atoms with Crippen molar-refractivity contribution in [3.63, 3.8) is 0 Å². The zero-order valence-electron chi connectivity index (χ0n) is 21.8. The number of carboxylic acid groups (broad SMARTS) is 1. The number of rotatable bonds is 4. The molecule has 2 aromatic carbocycles. The summed E-state index contributed by atoms with van der Waals surface area (Å²) in [6.07, 6.45) is -1.52. The van der Waals surface area contributed by atoms with Crippen molar-refractivity contribution in [2.45, 2.75) is 92.7 Å². The Hall–Kier alpha value is -2.86. The fourth-order valence-corrected chi connectivity index (χ4v) is 4.48. The molecule has 2 aromatic rings. The van der Waals surface area contributed by atoms with Crippen LogP contribution >= 0.6 is 0 Å². The summed E-state index contributed by atoms with van der Waals surface area (Å²) >= 11 is 0. The molecule has 1 aliphatic rings. The number of carbonyl (C=O) groups excluding carboxylic acids is 1. The van der Waals surface area contributed by atoms with Crippen LogP contribution in [0.3, 0.4) is 0 Å². The number of benzene rings is 2. The van der Waals surface area contributed by atoms with Gasteiger partial charge < -0.3 is 14.6 Å². The Kier molecular flexibility index (Phi) is 6.87. The standard InChI is InChI=1S/C28H37NO5/c1-16-10-12-19(13-11-16)22-17(2)20-14-29(26(32)34-28(7,8)9)15-21(20)18(3)23(22)24(25(30)31)33-27(4,5)6/h10-13,24H,14-15H2,1-9H3,(H,30,31). The van der Waals surface area contributed by atoms with Gasteiger partial charge in [-0.05, 0) is 95.7 Å². The van der Waals surface area contributed by atoms with Crippen molar-refractivity contribution < 1.29 is 24.2 Å². The Bertz CT molecular complexity index is 1100. The van der Waals surface area contributed by atoms with Crippen molar-refractivity contribution in [1.29, 1.82) is 0 Å². The average Bonchev–Trinajstić information content (AvgIpc) is 3.14. The van der Waals surface area contributed by atoms with Crippen molar-refractivity contribution >= 4 is 12.1 Å². The highest BCUT2D eigenvalue weighted by Crippen LogP contribution is 2.43. The Morgan fingerprint density at radius 1 is 0.882 bits per heavy atom. The molecule has 0 saturated heterocycles. The number of aryl methyl sites for hydroxylation is 1. The minimum atomic E-state index is -1.14. The summed E-state index contributed by atoms with van der Waals surface area (Å²) in [4.78, 5) is 27.0. The summed E-state index contributed by atoms with van der Waals surface area (Å²) in [7, 11) is 0. The highest BCUT2D eigenvalue weighted by atomic mass is 16.6. The van der Waals surface area contributed by atoms with Crippen molar-refractivity contribution in [3.05, 3.63) is 57.6 Å². The van der Waals surface area contributed by atoms with Crippen molar-refractivity contribution in [2.24, 2.45) is 0 Å². The number of carbonyl (C=O) groups is 2. The summed E-state index contributed by atoms with van der Waals surface area (Å²) in [5, 5.41) is 10.2. The highest BCUT2D eigenvalue weighted by Gasteiger charge is 2.37. The molecule has 0 aromatic heterocycles. The smallest absolute Gasteiger partial charge is 0.410 e. The largest absolute Gasteiger partial charge is 0.479 e. The van der Waals surface area contributed by atoms with E-state index in [-0.39, 0.29) is 6.09 Å². The first-order valence-corrected chi connectivity index (χ1v) is 11.7. The number of nitrogens with zero attached hydrogens (tertiary/aromatic N) is 1. The van der Waals surface area contributed by atoms with E-state index in [9.17, 15) is 14.7 Å². The van der Waals surface area contributed by atoms with Gasteiger partial charge in [-0.2, -0.15) is 0 Å². The minimum absolute atomic E-state index is 0.373. The summed E-state index contributed by atoms with van der Waals surface area (Å²) in [5.74, 6) is -1.03. The molecule has 0 aliphatic carbocycles. The second-order valence-corrected chi connectivity index (χ2v) is 11.1. The maximum Gasteiger partial charge on any atom is 0.410 e. The SMILES string of the molecule is Cc1ccc(-c2c(C)c3c(c(C)c2C(OC(C)(C)C)C(=O)O)CN(C(=O)OC(C)(C)C)C3)cc1. The van der Waals surface area contributed by atoms with Crippen LogP contribution in [-0.4, -0.2) is 33.3 Å². The third-order valence-corrected chi connectivity index (χ3v) is 5.97. The molecule has 1 N–H and O–H groups in total. The van der Waals surface area contributed by atoms with Gasteiger partial charge in [0.05, 0.1) is 5.60 Å². The van der Waals surface area contributed by atoms with Crippen LogP contribution in [0.2, 0.25) is 0 Å². The van der Waals surface area contributed by atoms with Gasteiger partial charge in [0.2, 0.25) is 0 Å². The van der Waals surface area contributed by atoms with Crippen molar-refractivity contribution in [3.8, 4) is 11.1 Å². The lowest BCUT2D eigenvalue weighted by molar-refractivity contribution is -0.160. The zero-order chi connectivity index (χ0) is 25.6. The number of fused-ring (bicyclic) bond motifs is 1. The lowest BCUT2D eigenvalue weighted by Gasteiger charge is -2.29. The first-order chi connectivity index (χ1) is 15.6. The first kappa shape index (κ1) is 25.8. The van der Waals surface area contributed by atoms with Crippen LogP contribution in [0.4, 0.5) is 4.79 Å². The zero-order valence-corrected chi connectivity index (χ0v) is 21.8. The second-order valence-electron chi connectivity index (χ2n) is 11.1. The molecule has 0 bridgehead atoms. The Morgan fingerprint density at radius 2 is 1.41 bits per heavy atom. The number of carboxylic acids is 1. The second kappa shape index (κ2) is 9.06. The van der Waals surface area contributed by atoms with Crippen LogP contribution in [-0.2, 0) is 27.4 Å². The molecular weight excluding hydrogens is 430 g/mol. The Labute approximate surface area is 202 Å². The predicted molar refractivity (Wildman–Crippen MR) is 133 cm³/mol. The fraction of sp³-hybridized carbons (Fsp3) is 0.500. The van der Waals surface area contributed by atoms with Gasteiger partial charge in [-0.25, -0.2) is 9.59 Å². The molecule has 0 saturated carbocycles. The highest BCUT2D eigenvalue weighted by molar-refractivity contribution is 5.84. The average molecular weight is 468 g/mol. The maximum absolute atomic E-state index is 12.8. The van der Waals surface area contributed by atoms with Gasteiger partial charge >= 0.3 is 12.1 Å². The van der Waals surface area contributed by atoms with Gasteiger partial charge in [0.25, 0.3) is 0 Å². The molecule has 1 unspecified atom stereocenters.